The number of carbonyl (C=O) groups is 1. The van der Waals surface area contributed by atoms with E-state index >= 15 is 0 Å². The minimum atomic E-state index is -1.07. The standard InChI is InChI=1S/C31H36N2O3/c1-19(2)21-11-16-27-26(17-21)32-28(35-27)22-10-9-20(3)25(18-22)33-29(34)31(7,8)36-24-14-12-23(13-15-24)30(4,5)6/h9-19H,1-8H3,(H,33,34). The van der Waals surface area contributed by atoms with E-state index in [4.69, 9.17) is 14.1 Å². The number of oxazole rings is 1. The third kappa shape index (κ3) is 5.46. The molecule has 1 heterocycles. The average Bonchev–Trinajstić information content (AvgIpc) is 3.23. The number of nitrogens with zero attached hydrogens (tertiary/aromatic N) is 1. The lowest BCUT2D eigenvalue weighted by molar-refractivity contribution is -0.128. The Kier molecular flexibility index (Phi) is 6.70. The summed E-state index contributed by atoms with van der Waals surface area (Å²) in [6.45, 7) is 16.3. The largest absolute Gasteiger partial charge is 0.478 e. The van der Waals surface area contributed by atoms with E-state index in [1.807, 2.05) is 55.5 Å². The first-order valence-corrected chi connectivity index (χ1v) is 12.5. The number of amides is 1. The molecule has 0 radical (unpaired) electrons. The Morgan fingerprint density at radius 2 is 1.64 bits per heavy atom. The Morgan fingerprint density at radius 1 is 0.944 bits per heavy atom. The van der Waals surface area contributed by atoms with Gasteiger partial charge >= 0.3 is 0 Å². The molecule has 0 fully saturated rings. The minimum absolute atomic E-state index is 0.0549. The van der Waals surface area contributed by atoms with E-state index in [1.165, 1.54) is 11.1 Å². The van der Waals surface area contributed by atoms with Gasteiger partial charge in [0.2, 0.25) is 5.89 Å². The fourth-order valence-corrected chi connectivity index (χ4v) is 3.95. The van der Waals surface area contributed by atoms with Crippen molar-refractivity contribution in [1.29, 1.82) is 0 Å². The van der Waals surface area contributed by atoms with E-state index in [1.54, 1.807) is 13.8 Å². The summed E-state index contributed by atoms with van der Waals surface area (Å²) in [4.78, 5) is 17.9. The summed E-state index contributed by atoms with van der Waals surface area (Å²) in [7, 11) is 0. The maximum Gasteiger partial charge on any atom is 0.267 e. The van der Waals surface area contributed by atoms with Gasteiger partial charge in [0.25, 0.3) is 5.91 Å². The summed E-state index contributed by atoms with van der Waals surface area (Å²) in [5, 5.41) is 3.04. The van der Waals surface area contributed by atoms with Crippen molar-refractivity contribution >= 4 is 22.7 Å². The van der Waals surface area contributed by atoms with E-state index in [2.05, 4.69) is 52.1 Å². The lowest BCUT2D eigenvalue weighted by atomic mass is 9.87. The molecule has 1 amide bonds. The molecule has 4 rings (SSSR count). The Bertz CT molecular complexity index is 1390. The minimum Gasteiger partial charge on any atom is -0.478 e. The normalized spacial score (nSPS) is 12.2. The SMILES string of the molecule is Cc1ccc(-c2nc3cc(C(C)C)ccc3o2)cc1NC(=O)C(C)(C)Oc1ccc(C(C)(C)C)cc1. The van der Waals surface area contributed by atoms with Crippen LogP contribution in [0.5, 0.6) is 5.75 Å². The zero-order valence-corrected chi connectivity index (χ0v) is 22.5. The highest BCUT2D eigenvalue weighted by atomic mass is 16.5. The van der Waals surface area contributed by atoms with Crippen LogP contribution in [-0.2, 0) is 10.2 Å². The van der Waals surface area contributed by atoms with Gasteiger partial charge in [0, 0.05) is 11.3 Å². The molecule has 0 saturated heterocycles. The number of aromatic nitrogens is 1. The van der Waals surface area contributed by atoms with E-state index in [0.717, 1.165) is 22.2 Å². The number of anilines is 1. The molecule has 4 aromatic rings. The van der Waals surface area contributed by atoms with Crippen LogP contribution in [0.25, 0.3) is 22.6 Å². The number of ether oxygens (including phenoxy) is 1. The van der Waals surface area contributed by atoms with E-state index < -0.39 is 5.60 Å². The van der Waals surface area contributed by atoms with Crippen LogP contribution in [0.1, 0.15) is 71.1 Å². The van der Waals surface area contributed by atoms with Crippen LogP contribution in [0, 0.1) is 6.92 Å². The quantitative estimate of drug-likeness (QED) is 0.301. The summed E-state index contributed by atoms with van der Waals surface area (Å²) in [6.07, 6.45) is 0. The Hall–Kier alpha value is -3.60. The molecule has 0 bridgehead atoms. The molecule has 1 aromatic heterocycles. The van der Waals surface area contributed by atoms with Crippen LogP contribution in [0.2, 0.25) is 0 Å². The Labute approximate surface area is 213 Å². The third-order valence-corrected chi connectivity index (χ3v) is 6.45. The van der Waals surface area contributed by atoms with Gasteiger partial charge in [-0.15, -0.1) is 0 Å². The summed E-state index contributed by atoms with van der Waals surface area (Å²) in [6, 6.07) is 19.8. The Morgan fingerprint density at radius 3 is 2.28 bits per heavy atom. The van der Waals surface area contributed by atoms with Gasteiger partial charge in [-0.25, -0.2) is 4.98 Å². The van der Waals surface area contributed by atoms with Crippen molar-refractivity contribution in [1.82, 2.24) is 4.98 Å². The van der Waals surface area contributed by atoms with Crippen LogP contribution in [0.3, 0.4) is 0 Å². The number of carbonyl (C=O) groups excluding carboxylic acids is 1. The first-order valence-electron chi connectivity index (χ1n) is 12.5. The molecular weight excluding hydrogens is 448 g/mol. The van der Waals surface area contributed by atoms with Crippen LogP contribution >= 0.6 is 0 Å². The molecule has 0 spiro atoms. The van der Waals surface area contributed by atoms with Gasteiger partial charge in [-0.1, -0.05) is 58.9 Å². The number of nitrogens with one attached hydrogen (secondary N) is 1. The van der Waals surface area contributed by atoms with E-state index in [9.17, 15) is 4.79 Å². The molecule has 36 heavy (non-hydrogen) atoms. The smallest absolute Gasteiger partial charge is 0.267 e. The zero-order chi connectivity index (χ0) is 26.3. The van der Waals surface area contributed by atoms with Crippen LogP contribution in [0.15, 0.2) is 65.1 Å². The lowest BCUT2D eigenvalue weighted by Gasteiger charge is -2.26. The lowest BCUT2D eigenvalue weighted by Crippen LogP contribution is -2.42. The molecule has 3 aromatic carbocycles. The maximum atomic E-state index is 13.2. The van der Waals surface area contributed by atoms with E-state index in [-0.39, 0.29) is 11.3 Å². The summed E-state index contributed by atoms with van der Waals surface area (Å²) in [5.41, 5.74) is 5.42. The zero-order valence-electron chi connectivity index (χ0n) is 22.5. The number of hydrogen-bond acceptors (Lipinski definition) is 4. The van der Waals surface area contributed by atoms with Gasteiger partial charge in [0.1, 0.15) is 11.3 Å². The highest BCUT2D eigenvalue weighted by Crippen LogP contribution is 2.31. The summed E-state index contributed by atoms with van der Waals surface area (Å²) < 4.78 is 12.1. The topological polar surface area (TPSA) is 64.4 Å². The molecule has 1 N–H and O–H groups in total. The van der Waals surface area contributed by atoms with Gasteiger partial charge in [-0.3, -0.25) is 4.79 Å². The van der Waals surface area contributed by atoms with Crippen molar-refractivity contribution < 1.29 is 13.9 Å². The molecule has 0 saturated carbocycles. The number of benzene rings is 3. The molecule has 5 heteroatoms. The van der Waals surface area contributed by atoms with Crippen molar-refractivity contribution in [3.05, 3.63) is 77.4 Å². The number of fused-ring (bicyclic) bond motifs is 1. The molecule has 0 unspecified atom stereocenters. The average molecular weight is 485 g/mol. The fourth-order valence-electron chi connectivity index (χ4n) is 3.95. The second-order valence-corrected chi connectivity index (χ2v) is 11.3. The molecule has 0 aliphatic rings. The molecule has 0 atom stereocenters. The second kappa shape index (κ2) is 9.45. The van der Waals surface area contributed by atoms with Crippen LogP contribution in [0.4, 0.5) is 5.69 Å². The van der Waals surface area contributed by atoms with Crippen LogP contribution < -0.4 is 10.1 Å². The third-order valence-electron chi connectivity index (χ3n) is 6.45. The predicted molar refractivity (Wildman–Crippen MR) is 147 cm³/mol. The molecule has 0 aliphatic heterocycles. The second-order valence-electron chi connectivity index (χ2n) is 11.3. The molecule has 0 aliphatic carbocycles. The highest BCUT2D eigenvalue weighted by molar-refractivity contribution is 5.98. The molecule has 5 nitrogen and oxygen atoms in total. The predicted octanol–water partition coefficient (Wildman–Crippen LogP) is 8.02. The van der Waals surface area contributed by atoms with Crippen molar-refractivity contribution in [2.75, 3.05) is 5.32 Å². The van der Waals surface area contributed by atoms with Gasteiger partial charge in [-0.2, -0.15) is 0 Å². The summed E-state index contributed by atoms with van der Waals surface area (Å²) in [5.74, 6) is 1.36. The maximum absolute atomic E-state index is 13.2. The van der Waals surface area contributed by atoms with Crippen LogP contribution in [-0.4, -0.2) is 16.5 Å². The van der Waals surface area contributed by atoms with Crippen molar-refractivity contribution in [3.8, 4) is 17.2 Å². The summed E-state index contributed by atoms with van der Waals surface area (Å²) >= 11 is 0. The van der Waals surface area contributed by atoms with Gasteiger partial charge < -0.3 is 14.5 Å². The van der Waals surface area contributed by atoms with Gasteiger partial charge in [-0.05, 0) is 85.2 Å². The number of aryl methyl sites for hydroxylation is 1. The fraction of sp³-hybridized carbons (Fsp3) is 0.355. The molecular formula is C31H36N2O3. The van der Waals surface area contributed by atoms with Crippen molar-refractivity contribution in [3.63, 3.8) is 0 Å². The number of hydrogen-bond donors (Lipinski definition) is 1. The first kappa shape index (κ1) is 25.5. The van der Waals surface area contributed by atoms with E-state index in [0.29, 0.717) is 23.2 Å². The van der Waals surface area contributed by atoms with Crippen molar-refractivity contribution in [2.24, 2.45) is 0 Å². The highest BCUT2D eigenvalue weighted by Gasteiger charge is 2.30. The first-order chi connectivity index (χ1) is 16.8. The van der Waals surface area contributed by atoms with Gasteiger partial charge in [0.05, 0.1) is 0 Å². The number of rotatable bonds is 6. The van der Waals surface area contributed by atoms with Crippen molar-refractivity contribution in [2.45, 2.75) is 72.3 Å². The monoisotopic (exact) mass is 484 g/mol. The Balaban J connectivity index is 1.54. The van der Waals surface area contributed by atoms with Gasteiger partial charge in [0.15, 0.2) is 11.2 Å². The molecule has 188 valence electrons.